The number of nitrogens with zero attached hydrogens (tertiary/aromatic N) is 3. The van der Waals surface area contributed by atoms with E-state index in [0.29, 0.717) is 12.2 Å². The molecule has 0 radical (unpaired) electrons. The molecule has 1 aromatic carbocycles. The van der Waals surface area contributed by atoms with Crippen molar-refractivity contribution in [3.63, 3.8) is 0 Å². The van der Waals surface area contributed by atoms with Gasteiger partial charge in [-0.05, 0) is 25.0 Å². The lowest BCUT2D eigenvalue weighted by atomic mass is 9.98. The van der Waals surface area contributed by atoms with Gasteiger partial charge in [-0.2, -0.15) is 0 Å². The molecule has 8 nitrogen and oxygen atoms in total. The first-order valence-electron chi connectivity index (χ1n) is 8.13. The van der Waals surface area contributed by atoms with Crippen LogP contribution in [0.3, 0.4) is 0 Å². The van der Waals surface area contributed by atoms with E-state index >= 15 is 0 Å². The summed E-state index contributed by atoms with van der Waals surface area (Å²) >= 11 is 0. The molecule has 4 amide bonds. The molecule has 1 fully saturated rings. The number of urea groups is 1. The third-order valence-corrected chi connectivity index (χ3v) is 4.39. The molecule has 1 atom stereocenters. The summed E-state index contributed by atoms with van der Waals surface area (Å²) in [5.41, 5.74) is 1.02. The van der Waals surface area contributed by atoms with Crippen LogP contribution in [0, 0.1) is 6.92 Å². The Hall–Kier alpha value is -3.29. The summed E-state index contributed by atoms with van der Waals surface area (Å²) in [6.07, 6.45) is 4.34. The summed E-state index contributed by atoms with van der Waals surface area (Å²) < 4.78 is 0. The van der Waals surface area contributed by atoms with Gasteiger partial charge in [0.2, 0.25) is 5.91 Å². The lowest BCUT2D eigenvalue weighted by Gasteiger charge is -2.20. The Labute approximate surface area is 150 Å². The van der Waals surface area contributed by atoms with Crippen molar-refractivity contribution in [3.05, 3.63) is 59.7 Å². The van der Waals surface area contributed by atoms with E-state index in [4.69, 9.17) is 0 Å². The molecule has 1 unspecified atom stereocenters. The second kappa shape index (κ2) is 6.91. The Balaban J connectivity index is 1.66. The van der Waals surface area contributed by atoms with Crippen LogP contribution in [-0.2, 0) is 21.7 Å². The molecule has 8 heteroatoms. The quantitative estimate of drug-likeness (QED) is 0.776. The molecular weight excluding hydrogens is 334 g/mol. The summed E-state index contributed by atoms with van der Waals surface area (Å²) in [5.74, 6) is -0.950. The topological polar surface area (TPSA) is 104 Å². The van der Waals surface area contributed by atoms with E-state index in [2.05, 4.69) is 20.6 Å². The van der Waals surface area contributed by atoms with Crippen molar-refractivity contribution in [2.75, 3.05) is 6.54 Å². The zero-order valence-electron chi connectivity index (χ0n) is 14.5. The minimum Gasteiger partial charge on any atom is -0.350 e. The van der Waals surface area contributed by atoms with E-state index in [1.54, 1.807) is 6.92 Å². The van der Waals surface area contributed by atoms with Crippen LogP contribution >= 0.6 is 0 Å². The van der Waals surface area contributed by atoms with Gasteiger partial charge in [0.15, 0.2) is 5.54 Å². The highest BCUT2D eigenvalue weighted by molar-refractivity contribution is 6.08. The highest BCUT2D eigenvalue weighted by Crippen LogP contribution is 2.26. The Kier molecular flexibility index (Phi) is 4.66. The number of imide groups is 1. The molecule has 1 aliphatic heterocycles. The fraction of sp³-hybridized carbons (Fsp3) is 0.278. The van der Waals surface area contributed by atoms with E-state index in [-0.39, 0.29) is 6.54 Å². The normalized spacial score (nSPS) is 19.4. The average Bonchev–Trinajstić information content (AvgIpc) is 2.86. The summed E-state index contributed by atoms with van der Waals surface area (Å²) in [5, 5.41) is 5.32. The number of benzene rings is 1. The number of hydrogen-bond acceptors (Lipinski definition) is 5. The van der Waals surface area contributed by atoms with Crippen LogP contribution in [0.5, 0.6) is 0 Å². The van der Waals surface area contributed by atoms with Gasteiger partial charge in [0.25, 0.3) is 5.91 Å². The smallest absolute Gasteiger partial charge is 0.325 e. The van der Waals surface area contributed by atoms with Gasteiger partial charge in [0.1, 0.15) is 6.54 Å². The predicted octanol–water partition coefficient (Wildman–Crippen LogP) is 0.868. The molecule has 3 rings (SSSR count). The van der Waals surface area contributed by atoms with Gasteiger partial charge in [-0.15, -0.1) is 0 Å². The van der Waals surface area contributed by atoms with Crippen LogP contribution in [0.25, 0.3) is 0 Å². The largest absolute Gasteiger partial charge is 0.350 e. The summed E-state index contributed by atoms with van der Waals surface area (Å²) in [4.78, 5) is 46.0. The highest BCUT2D eigenvalue weighted by Gasteiger charge is 2.50. The van der Waals surface area contributed by atoms with Crippen molar-refractivity contribution in [2.45, 2.75) is 25.9 Å². The number of carbonyl (C=O) groups is 3. The van der Waals surface area contributed by atoms with E-state index in [9.17, 15) is 14.4 Å². The van der Waals surface area contributed by atoms with Crippen LogP contribution in [0.4, 0.5) is 4.79 Å². The monoisotopic (exact) mass is 353 g/mol. The number of rotatable bonds is 5. The van der Waals surface area contributed by atoms with E-state index < -0.39 is 23.4 Å². The third-order valence-electron chi connectivity index (χ3n) is 4.39. The first-order chi connectivity index (χ1) is 12.4. The summed E-state index contributed by atoms with van der Waals surface area (Å²) in [6, 6.07) is 7.04. The first-order valence-corrected chi connectivity index (χ1v) is 8.13. The Morgan fingerprint density at radius 3 is 2.73 bits per heavy atom. The van der Waals surface area contributed by atoms with Crippen molar-refractivity contribution in [1.29, 1.82) is 0 Å². The molecule has 0 saturated carbocycles. The van der Waals surface area contributed by atoms with Crippen molar-refractivity contribution in [3.8, 4) is 0 Å². The number of aromatic nitrogens is 2. The lowest BCUT2D eigenvalue weighted by molar-refractivity contribution is -0.135. The predicted molar refractivity (Wildman–Crippen MR) is 92.7 cm³/mol. The van der Waals surface area contributed by atoms with Crippen LogP contribution in [0.1, 0.15) is 23.7 Å². The summed E-state index contributed by atoms with van der Waals surface area (Å²) in [7, 11) is 0. The maximum absolute atomic E-state index is 12.7. The maximum atomic E-state index is 12.7. The first kappa shape index (κ1) is 17.5. The van der Waals surface area contributed by atoms with Crippen molar-refractivity contribution in [2.24, 2.45) is 0 Å². The summed E-state index contributed by atoms with van der Waals surface area (Å²) in [6.45, 7) is 3.47. The van der Waals surface area contributed by atoms with Crippen molar-refractivity contribution >= 4 is 17.8 Å². The number of hydrogen-bond donors (Lipinski definition) is 2. The number of nitrogens with one attached hydrogen (secondary N) is 2. The van der Waals surface area contributed by atoms with E-state index in [0.717, 1.165) is 16.0 Å². The number of aryl methyl sites for hydroxylation is 1. The molecule has 1 saturated heterocycles. The molecule has 0 spiro atoms. The third kappa shape index (κ3) is 3.26. The van der Waals surface area contributed by atoms with Gasteiger partial charge >= 0.3 is 6.03 Å². The minimum absolute atomic E-state index is 0.321. The van der Waals surface area contributed by atoms with Crippen molar-refractivity contribution in [1.82, 2.24) is 25.5 Å². The maximum Gasteiger partial charge on any atom is 0.325 e. The van der Waals surface area contributed by atoms with Gasteiger partial charge in [0, 0.05) is 18.9 Å². The lowest BCUT2D eigenvalue weighted by Crippen LogP contribution is -2.43. The second-order valence-corrected chi connectivity index (χ2v) is 6.24. The van der Waals surface area contributed by atoms with Gasteiger partial charge in [0.05, 0.1) is 11.9 Å². The van der Waals surface area contributed by atoms with Crippen LogP contribution in [0.2, 0.25) is 0 Å². The number of carbonyl (C=O) groups excluding carboxylic acids is 3. The van der Waals surface area contributed by atoms with Crippen molar-refractivity contribution < 1.29 is 14.4 Å². The second-order valence-electron chi connectivity index (χ2n) is 6.24. The molecule has 2 heterocycles. The molecule has 0 aliphatic carbocycles. The van der Waals surface area contributed by atoms with Gasteiger partial charge < -0.3 is 10.6 Å². The van der Waals surface area contributed by atoms with Gasteiger partial charge in [-0.1, -0.05) is 24.3 Å². The highest BCUT2D eigenvalue weighted by atomic mass is 16.2. The molecule has 2 N–H and O–H groups in total. The van der Waals surface area contributed by atoms with E-state index in [1.807, 2.05) is 31.2 Å². The molecule has 2 aromatic rings. The van der Waals surface area contributed by atoms with E-state index in [1.165, 1.54) is 18.6 Å². The molecule has 1 aliphatic rings. The molecule has 134 valence electrons. The molecule has 0 bridgehead atoms. The Morgan fingerprint density at radius 1 is 1.27 bits per heavy atom. The zero-order valence-corrected chi connectivity index (χ0v) is 14.5. The average molecular weight is 353 g/mol. The Morgan fingerprint density at radius 2 is 2.04 bits per heavy atom. The molecule has 26 heavy (non-hydrogen) atoms. The molecular formula is C18H19N5O3. The fourth-order valence-electron chi connectivity index (χ4n) is 2.77. The van der Waals surface area contributed by atoms with Crippen LogP contribution in [-0.4, -0.2) is 39.3 Å². The standard InChI is InChI=1S/C18H19N5O3/c1-12-5-3-4-6-13(12)9-21-15(24)11-23-16(25)18(2,22-17(23)26)14-10-19-7-8-20-14/h3-8,10H,9,11H2,1-2H3,(H,21,24)(H,22,26). The Bertz CT molecular complexity index is 855. The number of amides is 4. The SMILES string of the molecule is Cc1ccccc1CNC(=O)CN1C(=O)NC(C)(c2cnccn2)C1=O. The zero-order chi connectivity index (χ0) is 18.7. The van der Waals surface area contributed by atoms with Crippen LogP contribution < -0.4 is 10.6 Å². The van der Waals surface area contributed by atoms with Gasteiger partial charge in [-0.25, -0.2) is 4.79 Å². The van der Waals surface area contributed by atoms with Gasteiger partial charge in [-0.3, -0.25) is 24.5 Å². The fourth-order valence-corrected chi connectivity index (χ4v) is 2.77. The van der Waals surface area contributed by atoms with Crippen LogP contribution in [0.15, 0.2) is 42.9 Å². The minimum atomic E-state index is -1.33. The molecule has 1 aromatic heterocycles.